The number of piperidine rings is 1. The monoisotopic (exact) mass is 393 g/mol. The number of nitrogens with one attached hydrogen (secondary N) is 1. The van der Waals surface area contributed by atoms with Crippen LogP contribution in [-0.2, 0) is 0 Å². The van der Waals surface area contributed by atoms with Crippen molar-refractivity contribution in [2.45, 2.75) is 43.8 Å². The molecular formula is C21H23N5OS. The van der Waals surface area contributed by atoms with E-state index in [1.165, 1.54) is 12.8 Å². The average Bonchev–Trinajstić information content (AvgIpc) is 3.47. The van der Waals surface area contributed by atoms with Gasteiger partial charge in [-0.05, 0) is 49.3 Å². The second-order valence-corrected chi connectivity index (χ2v) is 8.61. The Bertz CT molecular complexity index is 956. The third-order valence-corrected chi connectivity index (χ3v) is 6.72. The van der Waals surface area contributed by atoms with Crippen LogP contribution in [0.25, 0.3) is 16.4 Å². The smallest absolute Gasteiger partial charge is 0.293 e. The van der Waals surface area contributed by atoms with E-state index in [0.717, 1.165) is 23.4 Å². The predicted molar refractivity (Wildman–Crippen MR) is 110 cm³/mol. The maximum Gasteiger partial charge on any atom is 0.293 e. The van der Waals surface area contributed by atoms with Gasteiger partial charge in [0.1, 0.15) is 0 Å². The third kappa shape index (κ3) is 3.14. The fourth-order valence-corrected chi connectivity index (χ4v) is 5.08. The van der Waals surface area contributed by atoms with Gasteiger partial charge < -0.3 is 10.2 Å². The number of carbonyl (C=O) groups is 1. The van der Waals surface area contributed by atoms with Crippen LogP contribution in [0.1, 0.15) is 36.3 Å². The highest BCUT2D eigenvalue weighted by molar-refractivity contribution is 7.13. The number of rotatable bonds is 4. The van der Waals surface area contributed by atoms with Gasteiger partial charge in [0.15, 0.2) is 5.82 Å². The van der Waals surface area contributed by atoms with Crippen molar-refractivity contribution in [1.29, 1.82) is 0 Å². The summed E-state index contributed by atoms with van der Waals surface area (Å²) in [6.07, 6.45) is 4.45. The van der Waals surface area contributed by atoms with Gasteiger partial charge >= 0.3 is 0 Å². The zero-order valence-corrected chi connectivity index (χ0v) is 16.6. The lowest BCUT2D eigenvalue weighted by Crippen LogP contribution is -2.48. The Kier molecular flexibility index (Phi) is 4.49. The first-order chi connectivity index (χ1) is 13.7. The van der Waals surface area contributed by atoms with Gasteiger partial charge in [-0.25, -0.2) is 9.67 Å². The van der Waals surface area contributed by atoms with Crippen molar-refractivity contribution in [2.75, 3.05) is 7.05 Å². The van der Waals surface area contributed by atoms with Gasteiger partial charge in [-0.15, -0.1) is 16.4 Å². The van der Waals surface area contributed by atoms with Crippen LogP contribution in [-0.4, -0.2) is 50.7 Å². The topological polar surface area (TPSA) is 63.1 Å². The van der Waals surface area contributed by atoms with Crippen LogP contribution in [0.4, 0.5) is 0 Å². The molecule has 28 heavy (non-hydrogen) atoms. The largest absolute Gasteiger partial charge is 0.336 e. The van der Waals surface area contributed by atoms with Crippen LogP contribution in [0.5, 0.6) is 0 Å². The molecular weight excluding hydrogens is 370 g/mol. The summed E-state index contributed by atoms with van der Waals surface area (Å²) < 4.78 is 1.78. The highest BCUT2D eigenvalue weighted by Crippen LogP contribution is 2.30. The second-order valence-electron chi connectivity index (χ2n) is 7.66. The lowest BCUT2D eigenvalue weighted by atomic mass is 9.98. The minimum atomic E-state index is -0.0983. The lowest BCUT2D eigenvalue weighted by Gasteiger charge is -2.35. The number of fused-ring (bicyclic) bond motifs is 2. The van der Waals surface area contributed by atoms with E-state index in [1.807, 2.05) is 59.8 Å². The van der Waals surface area contributed by atoms with Gasteiger partial charge in [0, 0.05) is 25.2 Å². The second kappa shape index (κ2) is 7.14. The Morgan fingerprint density at radius 3 is 2.57 bits per heavy atom. The van der Waals surface area contributed by atoms with Crippen LogP contribution in [0.15, 0.2) is 47.8 Å². The summed E-state index contributed by atoms with van der Waals surface area (Å²) in [7, 11) is 1.89. The maximum atomic E-state index is 13.2. The van der Waals surface area contributed by atoms with Crippen molar-refractivity contribution in [2.24, 2.45) is 0 Å². The molecule has 7 heteroatoms. The number of carbonyl (C=O) groups excluding carboxylic acids is 1. The first-order valence-electron chi connectivity index (χ1n) is 9.78. The SMILES string of the molecule is CN(C(=O)c1nc(-c2cccs2)n(-c2ccccc2)n1)C1CC2CCC(C1)N2. The van der Waals surface area contributed by atoms with Gasteiger partial charge in [-0.3, -0.25) is 4.79 Å². The maximum absolute atomic E-state index is 13.2. The first kappa shape index (κ1) is 17.6. The minimum Gasteiger partial charge on any atom is -0.336 e. The Hall–Kier alpha value is -2.51. The van der Waals surface area contributed by atoms with Crippen molar-refractivity contribution in [1.82, 2.24) is 25.0 Å². The average molecular weight is 394 g/mol. The molecule has 5 rings (SSSR count). The van der Waals surface area contributed by atoms with Gasteiger partial charge in [-0.1, -0.05) is 24.3 Å². The fourth-order valence-electron chi connectivity index (χ4n) is 4.38. The van der Waals surface area contributed by atoms with E-state index in [1.54, 1.807) is 16.0 Å². The van der Waals surface area contributed by atoms with Gasteiger partial charge in [0.2, 0.25) is 5.82 Å². The number of nitrogens with zero attached hydrogens (tertiary/aromatic N) is 4. The molecule has 1 amide bonds. The molecule has 2 fully saturated rings. The van der Waals surface area contributed by atoms with Gasteiger partial charge in [0.05, 0.1) is 10.6 Å². The summed E-state index contributed by atoms with van der Waals surface area (Å²) in [5.74, 6) is 0.878. The molecule has 0 radical (unpaired) electrons. The Morgan fingerprint density at radius 2 is 1.89 bits per heavy atom. The number of hydrogen-bond acceptors (Lipinski definition) is 5. The number of aromatic nitrogens is 3. The highest BCUT2D eigenvalue weighted by atomic mass is 32.1. The summed E-state index contributed by atoms with van der Waals surface area (Å²) in [5, 5.41) is 10.3. The molecule has 3 aromatic rings. The molecule has 1 aromatic carbocycles. The molecule has 144 valence electrons. The van der Waals surface area contributed by atoms with E-state index in [4.69, 9.17) is 0 Å². The van der Waals surface area contributed by atoms with Crippen LogP contribution in [0.3, 0.4) is 0 Å². The lowest BCUT2D eigenvalue weighted by molar-refractivity contribution is 0.0669. The molecule has 0 spiro atoms. The molecule has 2 aliphatic heterocycles. The molecule has 4 heterocycles. The summed E-state index contributed by atoms with van der Waals surface area (Å²) in [6.45, 7) is 0. The Labute approximate surface area is 168 Å². The van der Waals surface area contributed by atoms with Gasteiger partial charge in [-0.2, -0.15) is 0 Å². The summed E-state index contributed by atoms with van der Waals surface area (Å²) in [6, 6.07) is 15.2. The van der Waals surface area contributed by atoms with Crippen LogP contribution >= 0.6 is 11.3 Å². The Morgan fingerprint density at radius 1 is 1.14 bits per heavy atom. The van der Waals surface area contributed by atoms with Crippen molar-refractivity contribution in [3.05, 3.63) is 53.7 Å². The number of thiophene rings is 1. The normalized spacial score (nSPS) is 23.7. The fraction of sp³-hybridized carbons (Fsp3) is 0.381. The van der Waals surface area contributed by atoms with E-state index >= 15 is 0 Å². The van der Waals surface area contributed by atoms with Gasteiger partial charge in [0.25, 0.3) is 5.91 Å². The minimum absolute atomic E-state index is 0.0983. The van der Waals surface area contributed by atoms with Crippen molar-refractivity contribution >= 4 is 17.2 Å². The van der Waals surface area contributed by atoms with Crippen LogP contribution in [0.2, 0.25) is 0 Å². The number of benzene rings is 1. The van der Waals surface area contributed by atoms with E-state index in [9.17, 15) is 4.79 Å². The van der Waals surface area contributed by atoms with E-state index in [0.29, 0.717) is 17.9 Å². The Balaban J connectivity index is 1.47. The third-order valence-electron chi connectivity index (χ3n) is 5.86. The highest BCUT2D eigenvalue weighted by Gasteiger charge is 2.37. The molecule has 2 saturated heterocycles. The quantitative estimate of drug-likeness (QED) is 0.738. The molecule has 0 aliphatic carbocycles. The molecule has 6 nitrogen and oxygen atoms in total. The predicted octanol–water partition coefficient (Wildman–Crippen LogP) is 3.35. The summed E-state index contributed by atoms with van der Waals surface area (Å²) in [4.78, 5) is 20.7. The summed E-state index contributed by atoms with van der Waals surface area (Å²) in [5.41, 5.74) is 0.903. The molecule has 2 aromatic heterocycles. The number of hydrogen-bond donors (Lipinski definition) is 1. The zero-order chi connectivity index (χ0) is 19.1. The molecule has 2 aliphatic rings. The summed E-state index contributed by atoms with van der Waals surface area (Å²) >= 11 is 1.60. The standard InChI is InChI=1S/C21H23N5OS/c1-25(17-12-14-9-10-15(13-17)22-14)21(27)19-23-20(18-8-5-11-28-18)26(24-19)16-6-3-2-4-7-16/h2-8,11,14-15,17,22H,9-10,12-13H2,1H3. The van der Waals surface area contributed by atoms with E-state index < -0.39 is 0 Å². The van der Waals surface area contributed by atoms with Crippen LogP contribution in [0, 0.1) is 0 Å². The molecule has 2 unspecified atom stereocenters. The van der Waals surface area contributed by atoms with Crippen molar-refractivity contribution < 1.29 is 4.79 Å². The molecule has 2 atom stereocenters. The zero-order valence-electron chi connectivity index (χ0n) is 15.8. The van der Waals surface area contributed by atoms with Crippen molar-refractivity contribution in [3.8, 4) is 16.4 Å². The van der Waals surface area contributed by atoms with Crippen molar-refractivity contribution in [3.63, 3.8) is 0 Å². The van der Waals surface area contributed by atoms with Crippen LogP contribution < -0.4 is 5.32 Å². The van der Waals surface area contributed by atoms with E-state index in [-0.39, 0.29) is 17.8 Å². The molecule has 1 N–H and O–H groups in total. The van der Waals surface area contributed by atoms with E-state index in [2.05, 4.69) is 15.4 Å². The molecule has 0 saturated carbocycles. The number of para-hydroxylation sites is 1. The molecule has 2 bridgehead atoms. The number of amides is 1. The first-order valence-corrected chi connectivity index (χ1v) is 10.7.